The second kappa shape index (κ2) is 5.47. The molecule has 3 nitrogen and oxygen atoms in total. The molecule has 98 valence electrons. The normalized spacial score (nSPS) is 21.1. The lowest BCUT2D eigenvalue weighted by Gasteiger charge is -2.18. The fourth-order valence-electron chi connectivity index (χ4n) is 2.18. The number of likely N-dealkylation sites (tertiary alicyclic amines) is 1. The zero-order valence-corrected chi connectivity index (χ0v) is 11.6. The molecule has 1 amide bonds. The number of carbonyl (C=O) groups is 1. The van der Waals surface area contributed by atoms with Gasteiger partial charge in [-0.1, -0.05) is 23.2 Å². The molecule has 0 spiro atoms. The molecule has 1 aliphatic heterocycles. The summed E-state index contributed by atoms with van der Waals surface area (Å²) in [6.45, 7) is 3.03. The molecular formula is C13H15Cl2NO2. The molecule has 1 aromatic carbocycles. The summed E-state index contributed by atoms with van der Waals surface area (Å²) in [5, 5.41) is 10.4. The highest BCUT2D eigenvalue weighted by Crippen LogP contribution is 2.25. The molecule has 2 unspecified atom stereocenters. The Hall–Kier alpha value is -0.770. The smallest absolute Gasteiger partial charge is 0.253 e. The molecular weight excluding hydrogens is 273 g/mol. The van der Waals surface area contributed by atoms with Gasteiger partial charge >= 0.3 is 0 Å². The van der Waals surface area contributed by atoms with Crippen LogP contribution in [-0.2, 0) is 0 Å². The molecule has 0 bridgehead atoms. The van der Waals surface area contributed by atoms with Crippen LogP contribution in [0.25, 0.3) is 0 Å². The predicted molar refractivity (Wildman–Crippen MR) is 72.2 cm³/mol. The third-order valence-corrected chi connectivity index (χ3v) is 4.10. The maximum atomic E-state index is 12.2. The molecule has 1 fully saturated rings. The summed E-state index contributed by atoms with van der Waals surface area (Å²) < 4.78 is 0. The third-order valence-electron chi connectivity index (χ3n) is 3.36. The predicted octanol–water partition coefficient (Wildman–Crippen LogP) is 2.84. The number of carbonyl (C=O) groups excluding carboxylic acids is 1. The van der Waals surface area contributed by atoms with E-state index < -0.39 is 0 Å². The molecule has 0 saturated carbocycles. The number of aliphatic hydroxyl groups excluding tert-OH is 1. The Morgan fingerprint density at radius 1 is 1.44 bits per heavy atom. The van der Waals surface area contributed by atoms with Crippen LogP contribution in [0.4, 0.5) is 0 Å². The standard InChI is InChI=1S/C13H15Cl2NO2/c1-8(17)10-4-5-16(7-10)13(18)9-2-3-11(14)12(15)6-9/h2-3,6,8,10,17H,4-5,7H2,1H3. The first-order valence-corrected chi connectivity index (χ1v) is 6.67. The molecule has 18 heavy (non-hydrogen) atoms. The largest absolute Gasteiger partial charge is 0.393 e. The van der Waals surface area contributed by atoms with Gasteiger partial charge in [-0.05, 0) is 31.5 Å². The second-order valence-electron chi connectivity index (χ2n) is 4.67. The Bertz CT molecular complexity index is 462. The van der Waals surface area contributed by atoms with E-state index in [1.165, 1.54) is 0 Å². The SMILES string of the molecule is CC(O)C1CCN(C(=O)c2ccc(Cl)c(Cl)c2)C1. The number of halogens is 2. The van der Waals surface area contributed by atoms with Crippen molar-refractivity contribution in [2.75, 3.05) is 13.1 Å². The van der Waals surface area contributed by atoms with Crippen molar-refractivity contribution in [3.05, 3.63) is 33.8 Å². The van der Waals surface area contributed by atoms with Gasteiger partial charge in [-0.25, -0.2) is 0 Å². The Morgan fingerprint density at radius 2 is 2.17 bits per heavy atom. The zero-order valence-electron chi connectivity index (χ0n) is 10.1. The molecule has 2 atom stereocenters. The van der Waals surface area contributed by atoms with Crippen LogP contribution < -0.4 is 0 Å². The van der Waals surface area contributed by atoms with Gasteiger partial charge in [0.2, 0.25) is 0 Å². The minimum atomic E-state index is -0.378. The maximum absolute atomic E-state index is 12.2. The van der Waals surface area contributed by atoms with Gasteiger partial charge in [0.15, 0.2) is 0 Å². The molecule has 1 saturated heterocycles. The van der Waals surface area contributed by atoms with Gasteiger partial charge in [-0.2, -0.15) is 0 Å². The molecule has 1 heterocycles. The summed E-state index contributed by atoms with van der Waals surface area (Å²) in [4.78, 5) is 14.0. The van der Waals surface area contributed by atoms with Crippen LogP contribution in [0.1, 0.15) is 23.7 Å². The van der Waals surface area contributed by atoms with Crippen molar-refractivity contribution in [3.8, 4) is 0 Å². The number of amides is 1. The molecule has 5 heteroatoms. The number of hydrogen-bond donors (Lipinski definition) is 1. The van der Waals surface area contributed by atoms with Crippen LogP contribution >= 0.6 is 23.2 Å². The summed E-state index contributed by atoms with van der Waals surface area (Å²) in [6, 6.07) is 4.88. The Morgan fingerprint density at radius 3 is 2.72 bits per heavy atom. The molecule has 1 N–H and O–H groups in total. The lowest BCUT2D eigenvalue weighted by Crippen LogP contribution is -2.30. The Labute approximate surface area is 116 Å². The average Bonchev–Trinajstić information content (AvgIpc) is 2.81. The van der Waals surface area contributed by atoms with E-state index in [0.717, 1.165) is 6.42 Å². The van der Waals surface area contributed by atoms with Crippen LogP contribution in [0.15, 0.2) is 18.2 Å². The maximum Gasteiger partial charge on any atom is 0.253 e. The zero-order chi connectivity index (χ0) is 13.3. The lowest BCUT2D eigenvalue weighted by atomic mass is 10.0. The number of nitrogens with zero attached hydrogens (tertiary/aromatic N) is 1. The minimum absolute atomic E-state index is 0.0586. The van der Waals surface area contributed by atoms with Crippen LogP contribution in [0, 0.1) is 5.92 Å². The molecule has 0 aromatic heterocycles. The number of aliphatic hydroxyl groups is 1. The molecule has 1 aromatic rings. The highest BCUT2D eigenvalue weighted by atomic mass is 35.5. The van der Waals surface area contributed by atoms with E-state index in [4.69, 9.17) is 23.2 Å². The van der Waals surface area contributed by atoms with Crippen LogP contribution in [-0.4, -0.2) is 35.1 Å². The van der Waals surface area contributed by atoms with Gasteiger partial charge in [0.25, 0.3) is 5.91 Å². The van der Waals surface area contributed by atoms with E-state index >= 15 is 0 Å². The van der Waals surface area contributed by atoms with Crippen molar-refractivity contribution in [1.29, 1.82) is 0 Å². The third kappa shape index (κ3) is 2.79. The summed E-state index contributed by atoms with van der Waals surface area (Å²) >= 11 is 11.7. The van der Waals surface area contributed by atoms with E-state index in [1.54, 1.807) is 30.0 Å². The Balaban J connectivity index is 2.10. The highest BCUT2D eigenvalue weighted by molar-refractivity contribution is 6.42. The first-order chi connectivity index (χ1) is 8.49. The molecule has 0 radical (unpaired) electrons. The van der Waals surface area contributed by atoms with Crippen molar-refractivity contribution in [2.24, 2.45) is 5.92 Å². The van der Waals surface area contributed by atoms with Gasteiger partial charge in [0.1, 0.15) is 0 Å². The van der Waals surface area contributed by atoms with Gasteiger partial charge in [0.05, 0.1) is 16.1 Å². The molecule has 2 rings (SSSR count). The first kappa shape index (κ1) is 13.7. The van der Waals surface area contributed by atoms with Crippen molar-refractivity contribution >= 4 is 29.1 Å². The van der Waals surface area contributed by atoms with E-state index in [-0.39, 0.29) is 17.9 Å². The monoisotopic (exact) mass is 287 g/mol. The lowest BCUT2D eigenvalue weighted by molar-refractivity contribution is 0.0762. The van der Waals surface area contributed by atoms with E-state index in [9.17, 15) is 9.90 Å². The molecule has 1 aliphatic rings. The van der Waals surface area contributed by atoms with Gasteiger partial charge in [-0.3, -0.25) is 4.79 Å². The van der Waals surface area contributed by atoms with Crippen LogP contribution in [0.3, 0.4) is 0 Å². The topological polar surface area (TPSA) is 40.5 Å². The average molecular weight is 288 g/mol. The fraction of sp³-hybridized carbons (Fsp3) is 0.462. The number of benzene rings is 1. The summed E-state index contributed by atoms with van der Waals surface area (Å²) in [5.74, 6) is 0.105. The van der Waals surface area contributed by atoms with Gasteiger partial charge in [-0.15, -0.1) is 0 Å². The van der Waals surface area contributed by atoms with E-state index in [2.05, 4.69) is 0 Å². The van der Waals surface area contributed by atoms with Crippen molar-refractivity contribution in [3.63, 3.8) is 0 Å². The minimum Gasteiger partial charge on any atom is -0.393 e. The van der Waals surface area contributed by atoms with Crippen LogP contribution in [0.2, 0.25) is 10.0 Å². The van der Waals surface area contributed by atoms with E-state index in [1.807, 2.05) is 0 Å². The molecule has 0 aliphatic carbocycles. The number of hydrogen-bond acceptors (Lipinski definition) is 2. The van der Waals surface area contributed by atoms with Crippen molar-refractivity contribution < 1.29 is 9.90 Å². The van der Waals surface area contributed by atoms with Crippen molar-refractivity contribution in [1.82, 2.24) is 4.90 Å². The summed E-state index contributed by atoms with van der Waals surface area (Å²) in [5.41, 5.74) is 0.538. The summed E-state index contributed by atoms with van der Waals surface area (Å²) in [7, 11) is 0. The van der Waals surface area contributed by atoms with Crippen LogP contribution in [0.5, 0.6) is 0 Å². The fourth-order valence-corrected chi connectivity index (χ4v) is 2.48. The highest BCUT2D eigenvalue weighted by Gasteiger charge is 2.29. The van der Waals surface area contributed by atoms with E-state index in [0.29, 0.717) is 28.7 Å². The van der Waals surface area contributed by atoms with Gasteiger partial charge in [0, 0.05) is 24.6 Å². The summed E-state index contributed by atoms with van der Waals surface area (Å²) in [6.07, 6.45) is 0.460. The van der Waals surface area contributed by atoms with Crippen molar-refractivity contribution in [2.45, 2.75) is 19.4 Å². The first-order valence-electron chi connectivity index (χ1n) is 5.91. The van der Waals surface area contributed by atoms with Gasteiger partial charge < -0.3 is 10.0 Å². The quantitative estimate of drug-likeness (QED) is 0.909. The number of rotatable bonds is 2. The Kier molecular flexibility index (Phi) is 4.15. The second-order valence-corrected chi connectivity index (χ2v) is 5.48.